The summed E-state index contributed by atoms with van der Waals surface area (Å²) in [6.07, 6.45) is 0. The number of rotatable bonds is 9. The van der Waals surface area contributed by atoms with Crippen LogP contribution in [0.5, 0.6) is 5.75 Å². The van der Waals surface area contributed by atoms with Crippen LogP contribution in [0, 0.1) is 0 Å². The molecular weight excluding hydrogens is 406 g/mol. The van der Waals surface area contributed by atoms with Crippen molar-refractivity contribution >= 4 is 29.0 Å². The zero-order valence-corrected chi connectivity index (χ0v) is 18.1. The van der Waals surface area contributed by atoms with Crippen LogP contribution in [0.25, 0.3) is 0 Å². The van der Waals surface area contributed by atoms with Crippen molar-refractivity contribution in [2.24, 2.45) is 0 Å². The summed E-state index contributed by atoms with van der Waals surface area (Å²) in [5, 5.41) is 5.60. The van der Waals surface area contributed by atoms with E-state index >= 15 is 0 Å². The molecule has 3 aromatic rings. The smallest absolute Gasteiger partial charge is 0.279 e. The topological polar surface area (TPSA) is 88.9 Å². The number of likely N-dealkylation sites (N-methyl/N-ethyl adjacent to an activating group) is 1. The predicted octanol–water partition coefficient (Wildman–Crippen LogP) is 2.02. The molecule has 2 amide bonds. The lowest BCUT2D eigenvalue weighted by Gasteiger charge is -2.15. The van der Waals surface area contributed by atoms with Crippen LogP contribution in [0.1, 0.15) is 15.9 Å². The fourth-order valence-electron chi connectivity index (χ4n) is 3.22. The van der Waals surface area contributed by atoms with Gasteiger partial charge in [0.05, 0.1) is 19.8 Å². The summed E-state index contributed by atoms with van der Waals surface area (Å²) in [6.45, 7) is 0.188. The van der Waals surface area contributed by atoms with E-state index < -0.39 is 0 Å². The fraction of sp³-hybridized carbons (Fsp3) is 0.160. The van der Waals surface area contributed by atoms with Crippen molar-refractivity contribution in [2.75, 3.05) is 37.9 Å². The minimum absolute atomic E-state index is 0.0733. The number of benzene rings is 3. The molecular formula is C25H26N3O4+. The molecule has 0 aliphatic carbocycles. The first-order valence-corrected chi connectivity index (χ1v) is 10.2. The second-order valence-electron chi connectivity index (χ2n) is 7.38. The van der Waals surface area contributed by atoms with Gasteiger partial charge < -0.3 is 20.3 Å². The van der Waals surface area contributed by atoms with Gasteiger partial charge in [-0.2, -0.15) is 0 Å². The molecule has 7 nitrogen and oxygen atoms in total. The molecule has 7 heteroatoms. The molecule has 0 aliphatic rings. The van der Waals surface area contributed by atoms with Gasteiger partial charge in [0, 0.05) is 16.8 Å². The van der Waals surface area contributed by atoms with Crippen molar-refractivity contribution < 1.29 is 24.0 Å². The Bertz CT molecular complexity index is 1080. The molecule has 0 saturated carbocycles. The van der Waals surface area contributed by atoms with Gasteiger partial charge in [0.1, 0.15) is 5.75 Å². The molecule has 0 radical (unpaired) electrons. The van der Waals surface area contributed by atoms with Gasteiger partial charge in [-0.3, -0.25) is 14.4 Å². The SMILES string of the molecule is COc1ccc(NC(=O)C[NH+](C)CC(=O)Nc2ccccc2C(=O)c2ccccc2)cc1. The molecule has 3 aromatic carbocycles. The third-order valence-corrected chi connectivity index (χ3v) is 4.78. The lowest BCUT2D eigenvalue weighted by atomic mass is 10.0. The number of carbonyl (C=O) groups is 3. The average molecular weight is 433 g/mol. The predicted molar refractivity (Wildman–Crippen MR) is 123 cm³/mol. The van der Waals surface area contributed by atoms with E-state index in [1.54, 1.807) is 87.0 Å². The second kappa shape index (κ2) is 10.9. The number of ketones is 1. The Labute approximate surface area is 187 Å². The first-order chi connectivity index (χ1) is 15.5. The Hall–Kier alpha value is -3.97. The molecule has 0 saturated heterocycles. The van der Waals surface area contributed by atoms with Gasteiger partial charge in [0.2, 0.25) is 0 Å². The summed E-state index contributed by atoms with van der Waals surface area (Å²) >= 11 is 0. The number of methoxy groups -OCH3 is 1. The summed E-state index contributed by atoms with van der Waals surface area (Å²) < 4.78 is 5.10. The molecule has 164 valence electrons. The summed E-state index contributed by atoms with van der Waals surface area (Å²) in [4.78, 5) is 38.4. The number of ether oxygens (including phenoxy) is 1. The molecule has 0 fully saturated rings. The lowest BCUT2D eigenvalue weighted by Crippen LogP contribution is -3.11. The van der Waals surface area contributed by atoms with Crippen LogP contribution in [-0.2, 0) is 9.59 Å². The van der Waals surface area contributed by atoms with Crippen molar-refractivity contribution in [2.45, 2.75) is 0 Å². The van der Waals surface area contributed by atoms with E-state index in [2.05, 4.69) is 10.6 Å². The quantitative estimate of drug-likeness (QED) is 0.452. The molecule has 32 heavy (non-hydrogen) atoms. The molecule has 0 spiro atoms. The molecule has 1 unspecified atom stereocenters. The van der Waals surface area contributed by atoms with Gasteiger partial charge in [-0.05, 0) is 36.4 Å². The Morgan fingerprint density at radius 1 is 0.781 bits per heavy atom. The zero-order chi connectivity index (χ0) is 22.9. The van der Waals surface area contributed by atoms with Gasteiger partial charge >= 0.3 is 0 Å². The average Bonchev–Trinajstić information content (AvgIpc) is 2.79. The lowest BCUT2D eigenvalue weighted by molar-refractivity contribution is -0.862. The maximum atomic E-state index is 12.8. The van der Waals surface area contributed by atoms with Crippen molar-refractivity contribution in [1.29, 1.82) is 0 Å². The van der Waals surface area contributed by atoms with Gasteiger partial charge in [-0.1, -0.05) is 42.5 Å². The normalized spacial score (nSPS) is 11.3. The van der Waals surface area contributed by atoms with Crippen molar-refractivity contribution in [1.82, 2.24) is 0 Å². The highest BCUT2D eigenvalue weighted by atomic mass is 16.5. The molecule has 0 aromatic heterocycles. The fourth-order valence-corrected chi connectivity index (χ4v) is 3.22. The highest BCUT2D eigenvalue weighted by Gasteiger charge is 2.18. The van der Waals surface area contributed by atoms with Crippen molar-refractivity contribution in [3.8, 4) is 5.75 Å². The maximum absolute atomic E-state index is 12.8. The van der Waals surface area contributed by atoms with E-state index in [4.69, 9.17) is 4.74 Å². The molecule has 1 atom stereocenters. The van der Waals surface area contributed by atoms with E-state index in [9.17, 15) is 14.4 Å². The number of hydrogen-bond donors (Lipinski definition) is 3. The Morgan fingerprint density at radius 2 is 1.38 bits per heavy atom. The molecule has 0 bridgehead atoms. The van der Waals surface area contributed by atoms with E-state index in [-0.39, 0.29) is 30.7 Å². The zero-order valence-electron chi connectivity index (χ0n) is 18.1. The summed E-state index contributed by atoms with van der Waals surface area (Å²) in [6, 6.07) is 22.8. The van der Waals surface area contributed by atoms with Crippen LogP contribution in [0.2, 0.25) is 0 Å². The van der Waals surface area contributed by atoms with E-state index in [1.807, 2.05) is 6.07 Å². The number of para-hydroxylation sites is 1. The van der Waals surface area contributed by atoms with Gasteiger partial charge in [0.25, 0.3) is 11.8 Å². The number of hydrogen-bond acceptors (Lipinski definition) is 4. The number of anilines is 2. The number of nitrogens with one attached hydrogen (secondary N) is 3. The van der Waals surface area contributed by atoms with Gasteiger partial charge in [0.15, 0.2) is 18.9 Å². The summed E-state index contributed by atoms with van der Waals surface area (Å²) in [5.41, 5.74) is 2.07. The molecule has 3 rings (SSSR count). The monoisotopic (exact) mass is 432 g/mol. The van der Waals surface area contributed by atoms with E-state index in [1.165, 1.54) is 0 Å². The van der Waals surface area contributed by atoms with Gasteiger partial charge in [-0.15, -0.1) is 0 Å². The highest BCUT2D eigenvalue weighted by Crippen LogP contribution is 2.19. The van der Waals surface area contributed by atoms with Crippen LogP contribution < -0.4 is 20.3 Å². The van der Waals surface area contributed by atoms with Crippen LogP contribution in [-0.4, -0.2) is 44.8 Å². The minimum Gasteiger partial charge on any atom is -0.497 e. The number of carbonyl (C=O) groups excluding carboxylic acids is 3. The molecule has 0 heterocycles. The maximum Gasteiger partial charge on any atom is 0.279 e. The third kappa shape index (κ3) is 6.26. The Morgan fingerprint density at radius 3 is 2.03 bits per heavy atom. The molecule has 3 N–H and O–H groups in total. The Kier molecular flexibility index (Phi) is 7.72. The second-order valence-corrected chi connectivity index (χ2v) is 7.38. The van der Waals surface area contributed by atoms with Crippen LogP contribution in [0.3, 0.4) is 0 Å². The molecule has 0 aliphatic heterocycles. The van der Waals surface area contributed by atoms with Gasteiger partial charge in [-0.25, -0.2) is 0 Å². The van der Waals surface area contributed by atoms with Crippen LogP contribution in [0.15, 0.2) is 78.9 Å². The van der Waals surface area contributed by atoms with Crippen LogP contribution >= 0.6 is 0 Å². The first-order valence-electron chi connectivity index (χ1n) is 10.2. The number of quaternary nitrogens is 1. The Balaban J connectivity index is 1.56. The van der Waals surface area contributed by atoms with Crippen LogP contribution in [0.4, 0.5) is 11.4 Å². The third-order valence-electron chi connectivity index (χ3n) is 4.78. The first kappa shape index (κ1) is 22.7. The summed E-state index contributed by atoms with van der Waals surface area (Å²) in [5.74, 6) is 0.0442. The summed E-state index contributed by atoms with van der Waals surface area (Å²) in [7, 11) is 3.33. The van der Waals surface area contributed by atoms with Crippen molar-refractivity contribution in [3.05, 3.63) is 90.0 Å². The highest BCUT2D eigenvalue weighted by molar-refractivity contribution is 6.13. The van der Waals surface area contributed by atoms with Crippen molar-refractivity contribution in [3.63, 3.8) is 0 Å². The minimum atomic E-state index is -0.284. The standard InChI is InChI=1S/C25H25N3O4/c1-28(16-23(29)26-19-12-14-20(32-2)15-13-19)17-24(30)27-22-11-7-6-10-21(22)25(31)18-8-4-3-5-9-18/h3-15H,16-17H2,1-2H3,(H,26,29)(H,27,30)/p+1. The largest absolute Gasteiger partial charge is 0.497 e. The number of amides is 2. The van der Waals surface area contributed by atoms with E-state index in [0.717, 1.165) is 0 Å². The van der Waals surface area contributed by atoms with E-state index in [0.29, 0.717) is 33.2 Å².